The molecule has 0 N–H and O–H groups in total. The molecule has 2 atom stereocenters. The minimum absolute atomic E-state index is 0.200. The van der Waals surface area contributed by atoms with Crippen molar-refractivity contribution in [2.45, 2.75) is 25.9 Å². The van der Waals surface area contributed by atoms with E-state index in [2.05, 4.69) is 9.97 Å². The molecule has 0 radical (unpaired) electrons. The minimum atomic E-state index is -1.08. The summed E-state index contributed by atoms with van der Waals surface area (Å²) in [5.41, 5.74) is -0.0313. The summed E-state index contributed by atoms with van der Waals surface area (Å²) in [6.07, 6.45) is 2.78. The van der Waals surface area contributed by atoms with Crippen molar-refractivity contribution in [2.75, 3.05) is 13.1 Å². The van der Waals surface area contributed by atoms with Gasteiger partial charge in [-0.2, -0.15) is 0 Å². The van der Waals surface area contributed by atoms with E-state index >= 15 is 0 Å². The first-order valence-electron chi connectivity index (χ1n) is 8.32. The van der Waals surface area contributed by atoms with E-state index in [4.69, 9.17) is 11.6 Å². The predicted molar refractivity (Wildman–Crippen MR) is 94.4 cm³/mol. The van der Waals surface area contributed by atoms with Crippen LogP contribution in [0.4, 0.5) is 8.78 Å². The molecular formula is C18H17ClF2N4O2. The van der Waals surface area contributed by atoms with Crippen molar-refractivity contribution in [3.63, 3.8) is 0 Å². The maximum absolute atomic E-state index is 14.2. The van der Waals surface area contributed by atoms with Gasteiger partial charge in [-0.25, -0.2) is 18.7 Å². The van der Waals surface area contributed by atoms with Gasteiger partial charge in [-0.1, -0.05) is 11.6 Å². The van der Waals surface area contributed by atoms with Gasteiger partial charge < -0.3 is 9.80 Å². The molecule has 6 nitrogen and oxygen atoms in total. The highest BCUT2D eigenvalue weighted by molar-refractivity contribution is 6.31. The van der Waals surface area contributed by atoms with Crippen molar-refractivity contribution in [3.05, 3.63) is 58.6 Å². The Morgan fingerprint density at radius 2 is 1.70 bits per heavy atom. The van der Waals surface area contributed by atoms with Crippen LogP contribution in [0.5, 0.6) is 0 Å². The van der Waals surface area contributed by atoms with Crippen LogP contribution in [0.1, 0.15) is 34.7 Å². The van der Waals surface area contributed by atoms with Crippen LogP contribution in [-0.4, -0.2) is 56.8 Å². The SMILES string of the molecule is CC1CN(C(=O)c2ccc(F)c(Cl)c2F)C(C)CN1C(=O)c1ccncn1. The molecule has 1 saturated heterocycles. The summed E-state index contributed by atoms with van der Waals surface area (Å²) in [4.78, 5) is 36.2. The van der Waals surface area contributed by atoms with Gasteiger partial charge >= 0.3 is 0 Å². The quantitative estimate of drug-likeness (QED) is 0.735. The molecule has 2 unspecified atom stereocenters. The molecule has 1 aromatic heterocycles. The minimum Gasteiger partial charge on any atom is -0.332 e. The van der Waals surface area contributed by atoms with Crippen LogP contribution in [0.3, 0.4) is 0 Å². The van der Waals surface area contributed by atoms with E-state index in [0.29, 0.717) is 0 Å². The van der Waals surface area contributed by atoms with E-state index in [1.54, 1.807) is 18.7 Å². The second-order valence-electron chi connectivity index (χ2n) is 6.43. The lowest BCUT2D eigenvalue weighted by atomic mass is 10.1. The molecule has 3 rings (SSSR count). The molecule has 1 aromatic carbocycles. The van der Waals surface area contributed by atoms with Crippen molar-refractivity contribution < 1.29 is 18.4 Å². The fourth-order valence-corrected chi connectivity index (χ4v) is 3.27. The summed E-state index contributed by atoms with van der Waals surface area (Å²) >= 11 is 5.58. The zero-order chi connectivity index (χ0) is 19.7. The standard InChI is InChI=1S/C18H17ClF2N4O2/c1-10-8-25(18(27)14-5-6-22-9-23-14)11(2)7-24(10)17(26)12-3-4-13(20)15(19)16(12)21/h3-6,9-11H,7-8H2,1-2H3. The Labute approximate surface area is 159 Å². The summed E-state index contributed by atoms with van der Waals surface area (Å²) in [5, 5.41) is -0.709. The molecule has 1 fully saturated rings. The van der Waals surface area contributed by atoms with Gasteiger partial charge in [0.1, 0.15) is 22.9 Å². The van der Waals surface area contributed by atoms with Crippen molar-refractivity contribution in [1.82, 2.24) is 19.8 Å². The van der Waals surface area contributed by atoms with Crippen molar-refractivity contribution >= 4 is 23.4 Å². The Morgan fingerprint density at radius 3 is 2.30 bits per heavy atom. The first-order valence-corrected chi connectivity index (χ1v) is 8.70. The number of amides is 2. The Balaban J connectivity index is 1.80. The third-order valence-corrected chi connectivity index (χ3v) is 4.92. The fourth-order valence-electron chi connectivity index (χ4n) is 3.10. The first kappa shape index (κ1) is 19.2. The molecule has 2 aromatic rings. The van der Waals surface area contributed by atoms with Gasteiger partial charge in [0.25, 0.3) is 11.8 Å². The molecule has 27 heavy (non-hydrogen) atoms. The highest BCUT2D eigenvalue weighted by atomic mass is 35.5. The van der Waals surface area contributed by atoms with Crippen LogP contribution in [0, 0.1) is 11.6 Å². The Bertz CT molecular complexity index is 881. The van der Waals surface area contributed by atoms with Crippen LogP contribution in [0.25, 0.3) is 0 Å². The number of halogens is 3. The topological polar surface area (TPSA) is 66.4 Å². The predicted octanol–water partition coefficient (Wildman–Crippen LogP) is 2.78. The monoisotopic (exact) mass is 394 g/mol. The maximum Gasteiger partial charge on any atom is 0.272 e. The van der Waals surface area contributed by atoms with Crippen molar-refractivity contribution in [3.8, 4) is 0 Å². The maximum atomic E-state index is 14.2. The largest absolute Gasteiger partial charge is 0.332 e. The van der Waals surface area contributed by atoms with E-state index in [1.807, 2.05) is 0 Å². The summed E-state index contributed by atoms with van der Waals surface area (Å²) in [6.45, 7) is 4.00. The average molecular weight is 395 g/mol. The smallest absolute Gasteiger partial charge is 0.272 e. The van der Waals surface area contributed by atoms with Crippen LogP contribution in [0.2, 0.25) is 5.02 Å². The number of hydrogen-bond donors (Lipinski definition) is 0. The zero-order valence-electron chi connectivity index (χ0n) is 14.7. The van der Waals surface area contributed by atoms with Crippen molar-refractivity contribution in [1.29, 1.82) is 0 Å². The van der Waals surface area contributed by atoms with Gasteiger partial charge in [-0.05, 0) is 32.0 Å². The van der Waals surface area contributed by atoms with E-state index in [1.165, 1.54) is 23.5 Å². The van der Waals surface area contributed by atoms with Crippen LogP contribution in [-0.2, 0) is 0 Å². The number of hydrogen-bond acceptors (Lipinski definition) is 4. The van der Waals surface area contributed by atoms with E-state index in [0.717, 1.165) is 12.1 Å². The highest BCUT2D eigenvalue weighted by Gasteiger charge is 2.36. The Hall–Kier alpha value is -2.61. The molecule has 0 aliphatic carbocycles. The van der Waals surface area contributed by atoms with Gasteiger partial charge in [0.15, 0.2) is 5.82 Å². The zero-order valence-corrected chi connectivity index (χ0v) is 15.5. The summed E-state index contributed by atoms with van der Waals surface area (Å²) < 4.78 is 27.6. The summed E-state index contributed by atoms with van der Waals surface area (Å²) in [6, 6.07) is 2.87. The lowest BCUT2D eigenvalue weighted by Crippen LogP contribution is -2.59. The summed E-state index contributed by atoms with van der Waals surface area (Å²) in [7, 11) is 0. The number of benzene rings is 1. The molecule has 142 valence electrons. The number of nitrogens with zero attached hydrogens (tertiary/aromatic N) is 4. The molecule has 1 aliphatic rings. The average Bonchev–Trinajstić information content (AvgIpc) is 2.67. The van der Waals surface area contributed by atoms with Crippen LogP contribution < -0.4 is 0 Å². The van der Waals surface area contributed by atoms with Gasteiger partial charge in [0.2, 0.25) is 0 Å². The molecule has 2 amide bonds. The van der Waals surface area contributed by atoms with Crippen LogP contribution in [0.15, 0.2) is 30.7 Å². The van der Waals surface area contributed by atoms with E-state index < -0.39 is 22.6 Å². The third kappa shape index (κ3) is 3.62. The molecular weight excluding hydrogens is 378 g/mol. The highest BCUT2D eigenvalue weighted by Crippen LogP contribution is 2.25. The number of rotatable bonds is 2. The Morgan fingerprint density at radius 1 is 1.07 bits per heavy atom. The van der Waals surface area contributed by atoms with Gasteiger partial charge in [-0.3, -0.25) is 9.59 Å². The molecule has 0 spiro atoms. The molecule has 9 heteroatoms. The first-order chi connectivity index (χ1) is 12.8. The number of aromatic nitrogens is 2. The van der Waals surface area contributed by atoms with Gasteiger partial charge in [0.05, 0.1) is 5.56 Å². The van der Waals surface area contributed by atoms with E-state index in [9.17, 15) is 18.4 Å². The number of piperazine rings is 1. The van der Waals surface area contributed by atoms with Gasteiger partial charge in [-0.15, -0.1) is 0 Å². The second-order valence-corrected chi connectivity index (χ2v) is 6.81. The van der Waals surface area contributed by atoms with E-state index in [-0.39, 0.29) is 42.3 Å². The number of carbonyl (C=O) groups excluding carboxylic acids is 2. The third-order valence-electron chi connectivity index (χ3n) is 4.57. The fraction of sp³-hybridized carbons (Fsp3) is 0.333. The van der Waals surface area contributed by atoms with Crippen LogP contribution >= 0.6 is 11.6 Å². The summed E-state index contributed by atoms with van der Waals surface area (Å²) in [5.74, 6) is -2.86. The molecule has 1 aliphatic heterocycles. The van der Waals surface area contributed by atoms with Crippen molar-refractivity contribution in [2.24, 2.45) is 0 Å². The molecule has 2 heterocycles. The van der Waals surface area contributed by atoms with Gasteiger partial charge in [0, 0.05) is 31.4 Å². The Kier molecular flexibility index (Phi) is 5.36. The number of carbonyl (C=O) groups is 2. The normalized spacial score (nSPS) is 19.9. The molecule has 0 bridgehead atoms. The molecule has 0 saturated carbocycles. The lowest BCUT2D eigenvalue weighted by molar-refractivity contribution is 0.0264. The second kappa shape index (κ2) is 7.56. The lowest BCUT2D eigenvalue weighted by Gasteiger charge is -2.44.